The molecule has 9 nitrogen and oxygen atoms in total. The van der Waals surface area contributed by atoms with E-state index >= 15 is 0 Å². The molecule has 3 aliphatic heterocycles. The maximum absolute atomic E-state index is 14.8. The largest absolute Gasteiger partial charge is 0.497 e. The Hall–Kier alpha value is -3.95. The lowest BCUT2D eigenvalue weighted by Crippen LogP contribution is -2.59. The zero-order valence-corrected chi connectivity index (χ0v) is 26.0. The third-order valence-electron chi connectivity index (χ3n) is 9.94. The number of methoxy groups -OCH3 is 1. The molecule has 2 bridgehead atoms. The van der Waals surface area contributed by atoms with Gasteiger partial charge in [-0.15, -0.1) is 13.2 Å². The molecule has 3 aliphatic rings. The van der Waals surface area contributed by atoms with Crippen LogP contribution in [0.3, 0.4) is 0 Å². The molecule has 5 rings (SSSR count). The first-order valence-corrected chi connectivity index (χ1v) is 15.3. The van der Waals surface area contributed by atoms with E-state index < -0.39 is 35.1 Å². The van der Waals surface area contributed by atoms with Crippen LogP contribution in [-0.2, 0) is 19.1 Å². The van der Waals surface area contributed by atoms with Crippen molar-refractivity contribution in [1.82, 2.24) is 4.90 Å². The van der Waals surface area contributed by atoms with Crippen molar-refractivity contribution >= 4 is 29.1 Å². The molecule has 3 heterocycles. The maximum atomic E-state index is 14.8. The summed E-state index contributed by atoms with van der Waals surface area (Å²) in [5.74, 6) is -2.14. The minimum Gasteiger partial charge on any atom is -0.497 e. The highest BCUT2D eigenvalue weighted by molar-refractivity contribution is 6.07. The molecule has 7 atom stereocenters. The number of ether oxygens (including phenoxy) is 2. The molecule has 0 saturated carbocycles. The second-order valence-corrected chi connectivity index (χ2v) is 12.2. The third kappa shape index (κ3) is 4.73. The zero-order valence-electron chi connectivity index (χ0n) is 26.0. The fraction of sp³-hybridized carbons (Fsp3) is 0.457. The van der Waals surface area contributed by atoms with Gasteiger partial charge in [0.1, 0.15) is 17.4 Å². The van der Waals surface area contributed by atoms with Crippen LogP contribution in [0, 0.1) is 17.8 Å². The van der Waals surface area contributed by atoms with Gasteiger partial charge in [0.2, 0.25) is 11.8 Å². The van der Waals surface area contributed by atoms with Gasteiger partial charge in [-0.3, -0.25) is 14.4 Å². The van der Waals surface area contributed by atoms with Gasteiger partial charge >= 0.3 is 0 Å². The Kier molecular flexibility index (Phi) is 8.73. The van der Waals surface area contributed by atoms with Crippen molar-refractivity contribution in [3.63, 3.8) is 0 Å². The Morgan fingerprint density at radius 3 is 2.20 bits per heavy atom. The average molecular weight is 602 g/mol. The minimum absolute atomic E-state index is 0.125. The summed E-state index contributed by atoms with van der Waals surface area (Å²) in [5, 5.41) is 10.5. The molecule has 1 spiro atoms. The molecule has 234 valence electrons. The predicted molar refractivity (Wildman–Crippen MR) is 169 cm³/mol. The van der Waals surface area contributed by atoms with Crippen molar-refractivity contribution in [1.29, 1.82) is 0 Å². The number of likely N-dealkylation sites (tertiary alicyclic amines) is 1. The number of rotatable bonds is 12. The van der Waals surface area contributed by atoms with Crippen LogP contribution in [0.4, 0.5) is 11.4 Å². The molecular formula is C35H43N3O6. The van der Waals surface area contributed by atoms with Crippen LogP contribution < -0.4 is 14.5 Å². The van der Waals surface area contributed by atoms with Crippen molar-refractivity contribution in [3.8, 4) is 5.75 Å². The van der Waals surface area contributed by atoms with Gasteiger partial charge in [-0.25, -0.2) is 0 Å². The van der Waals surface area contributed by atoms with E-state index in [4.69, 9.17) is 9.47 Å². The van der Waals surface area contributed by atoms with Crippen molar-refractivity contribution in [3.05, 3.63) is 79.9 Å². The zero-order chi connectivity index (χ0) is 31.8. The molecule has 44 heavy (non-hydrogen) atoms. The van der Waals surface area contributed by atoms with E-state index in [0.717, 1.165) is 0 Å². The summed E-state index contributed by atoms with van der Waals surface area (Å²) in [5.41, 5.74) is -0.937. The lowest BCUT2D eigenvalue weighted by Gasteiger charge is -2.39. The average Bonchev–Trinajstić information content (AvgIpc) is 3.55. The van der Waals surface area contributed by atoms with Crippen LogP contribution >= 0.6 is 0 Å². The lowest BCUT2D eigenvalue weighted by atomic mass is 9.62. The number of anilines is 2. The SMILES string of the molecule is C=CCN(C(=O)C1N([C@@H](CC)CO)C(=O)[C@@H]2[C@H](C(=O)N(CC=C)c3ccccc3)[C@@]3(C)OC12CC3C)c1ccc(OC)cc1. The van der Waals surface area contributed by atoms with Gasteiger partial charge < -0.3 is 29.3 Å². The van der Waals surface area contributed by atoms with Crippen molar-refractivity contribution in [2.45, 2.75) is 56.9 Å². The number of benzene rings is 2. The Morgan fingerprint density at radius 2 is 1.66 bits per heavy atom. The molecule has 2 aromatic carbocycles. The second kappa shape index (κ2) is 12.2. The lowest BCUT2D eigenvalue weighted by molar-refractivity contribution is -0.149. The van der Waals surface area contributed by atoms with Gasteiger partial charge in [-0.2, -0.15) is 0 Å². The van der Waals surface area contributed by atoms with Crippen molar-refractivity contribution in [2.75, 3.05) is 36.6 Å². The summed E-state index contributed by atoms with van der Waals surface area (Å²) in [6.07, 6.45) is 4.15. The standard InChI is InChI=1S/C35H43N3O6/c1-7-19-36(25-13-11-10-12-14-25)31(40)28-29-32(41)38(24(9-3)22-39)30(35(29)21-23(4)34(28,5)44-35)33(42)37(20-8-2)26-15-17-27(43-6)18-16-26/h7-8,10-18,23-24,28-30,39H,1-2,9,19-22H2,3-6H3/t23?,24-,28+,29-,30?,34-,35?/m0/s1. The summed E-state index contributed by atoms with van der Waals surface area (Å²) in [6.45, 7) is 13.7. The number of fused-ring (bicyclic) bond motifs is 1. The molecular weight excluding hydrogens is 558 g/mol. The van der Waals surface area contributed by atoms with Crippen LogP contribution in [0.25, 0.3) is 0 Å². The fourth-order valence-electron chi connectivity index (χ4n) is 7.73. The summed E-state index contributed by atoms with van der Waals surface area (Å²) in [6, 6.07) is 14.8. The highest BCUT2D eigenvalue weighted by Crippen LogP contribution is 2.66. The fourth-order valence-corrected chi connectivity index (χ4v) is 7.73. The van der Waals surface area contributed by atoms with E-state index in [0.29, 0.717) is 30.0 Å². The number of amides is 3. The van der Waals surface area contributed by atoms with Gasteiger partial charge in [0.25, 0.3) is 5.91 Å². The molecule has 0 aliphatic carbocycles. The summed E-state index contributed by atoms with van der Waals surface area (Å²) < 4.78 is 12.3. The molecule has 2 aromatic rings. The van der Waals surface area contributed by atoms with E-state index in [1.165, 1.54) is 4.90 Å². The Balaban J connectivity index is 1.64. The molecule has 0 aromatic heterocycles. The van der Waals surface area contributed by atoms with Crippen molar-refractivity contribution < 1.29 is 29.0 Å². The normalized spacial score (nSPS) is 29.2. The van der Waals surface area contributed by atoms with E-state index in [9.17, 15) is 19.5 Å². The third-order valence-corrected chi connectivity index (χ3v) is 9.94. The molecule has 3 saturated heterocycles. The molecule has 3 amide bonds. The van der Waals surface area contributed by atoms with E-state index in [1.54, 1.807) is 53.3 Å². The van der Waals surface area contributed by atoms with Crippen LogP contribution in [0.5, 0.6) is 5.75 Å². The van der Waals surface area contributed by atoms with Gasteiger partial charge in [-0.1, -0.05) is 44.2 Å². The molecule has 0 radical (unpaired) electrons. The Labute approximate surface area is 259 Å². The Bertz CT molecular complexity index is 1410. The number of carbonyl (C=O) groups is 3. The maximum Gasteiger partial charge on any atom is 0.253 e. The summed E-state index contributed by atoms with van der Waals surface area (Å²) in [4.78, 5) is 48.9. The first kappa shape index (κ1) is 31.5. The predicted octanol–water partition coefficient (Wildman–Crippen LogP) is 4.22. The smallest absolute Gasteiger partial charge is 0.253 e. The van der Waals surface area contributed by atoms with Crippen LogP contribution in [0.2, 0.25) is 0 Å². The highest BCUT2D eigenvalue weighted by Gasteiger charge is 2.80. The second-order valence-electron chi connectivity index (χ2n) is 12.2. The number of aliphatic hydroxyl groups excluding tert-OH is 1. The minimum atomic E-state index is -1.26. The van der Waals surface area contributed by atoms with Gasteiger partial charge in [0.05, 0.1) is 37.2 Å². The number of carbonyl (C=O) groups excluding carboxylic acids is 3. The van der Waals surface area contributed by atoms with E-state index in [1.807, 2.05) is 51.1 Å². The van der Waals surface area contributed by atoms with Gasteiger partial charge in [0.15, 0.2) is 0 Å². The monoisotopic (exact) mass is 601 g/mol. The van der Waals surface area contributed by atoms with Gasteiger partial charge in [-0.05, 0) is 62.1 Å². The molecule has 3 unspecified atom stereocenters. The Morgan fingerprint density at radius 1 is 1.07 bits per heavy atom. The highest BCUT2D eigenvalue weighted by atomic mass is 16.5. The van der Waals surface area contributed by atoms with E-state index in [-0.39, 0.29) is 43.3 Å². The number of hydrogen-bond donors (Lipinski definition) is 1. The van der Waals surface area contributed by atoms with Gasteiger partial charge in [0, 0.05) is 24.5 Å². The number of aliphatic hydroxyl groups is 1. The van der Waals surface area contributed by atoms with Crippen LogP contribution in [0.15, 0.2) is 79.9 Å². The first-order chi connectivity index (χ1) is 21.1. The molecule has 1 N–H and O–H groups in total. The number of nitrogens with zero attached hydrogens (tertiary/aromatic N) is 3. The summed E-state index contributed by atoms with van der Waals surface area (Å²) in [7, 11) is 1.57. The summed E-state index contributed by atoms with van der Waals surface area (Å²) >= 11 is 0. The number of para-hydroxylation sites is 1. The first-order valence-electron chi connectivity index (χ1n) is 15.3. The molecule has 3 fully saturated rings. The number of hydrogen-bond acceptors (Lipinski definition) is 6. The topological polar surface area (TPSA) is 99.6 Å². The van der Waals surface area contributed by atoms with Crippen molar-refractivity contribution in [2.24, 2.45) is 17.8 Å². The van der Waals surface area contributed by atoms with Crippen LogP contribution in [0.1, 0.15) is 33.6 Å². The molecule has 9 heteroatoms. The van der Waals surface area contributed by atoms with E-state index in [2.05, 4.69) is 13.2 Å². The quantitative estimate of drug-likeness (QED) is 0.366. The van der Waals surface area contributed by atoms with Crippen LogP contribution in [-0.4, -0.2) is 77.8 Å².